The molecule has 1 unspecified atom stereocenters. The monoisotopic (exact) mass is 251 g/mol. The first kappa shape index (κ1) is 12.1. The van der Waals surface area contributed by atoms with Crippen LogP contribution in [0.25, 0.3) is 0 Å². The van der Waals surface area contributed by atoms with Crippen molar-refractivity contribution in [1.29, 1.82) is 0 Å². The predicted molar refractivity (Wildman–Crippen MR) is 67.8 cm³/mol. The van der Waals surface area contributed by atoms with E-state index in [1.54, 1.807) is 0 Å². The molecule has 0 aromatic heterocycles. The van der Waals surface area contributed by atoms with Gasteiger partial charge in [-0.15, -0.1) is 0 Å². The molecule has 3 heteroatoms. The quantitative estimate of drug-likeness (QED) is 0.855. The Balaban J connectivity index is 1.94. The SMILES string of the molecule is NCC1(C2CCCc3ccccc32)CC(F)(F)C1. The molecule has 0 aliphatic heterocycles. The molecule has 1 atom stereocenters. The van der Waals surface area contributed by atoms with Gasteiger partial charge in [-0.3, -0.25) is 0 Å². The Labute approximate surface area is 106 Å². The summed E-state index contributed by atoms with van der Waals surface area (Å²) in [7, 11) is 0. The lowest BCUT2D eigenvalue weighted by molar-refractivity contribution is -0.168. The first-order valence-corrected chi connectivity index (χ1v) is 6.72. The minimum Gasteiger partial charge on any atom is -0.330 e. The van der Waals surface area contributed by atoms with Gasteiger partial charge in [-0.05, 0) is 42.9 Å². The second kappa shape index (κ2) is 4.02. The summed E-state index contributed by atoms with van der Waals surface area (Å²) in [6, 6.07) is 8.28. The molecule has 3 rings (SSSR count). The van der Waals surface area contributed by atoms with Gasteiger partial charge in [0.05, 0.1) is 0 Å². The number of fused-ring (bicyclic) bond motifs is 1. The Kier molecular flexibility index (Phi) is 2.70. The summed E-state index contributed by atoms with van der Waals surface area (Å²) >= 11 is 0. The predicted octanol–water partition coefficient (Wildman–Crippen LogP) is 3.48. The highest BCUT2D eigenvalue weighted by molar-refractivity contribution is 5.35. The Hall–Kier alpha value is -0.960. The molecule has 0 saturated heterocycles. The van der Waals surface area contributed by atoms with E-state index in [0.717, 1.165) is 19.3 Å². The van der Waals surface area contributed by atoms with Crippen molar-refractivity contribution < 1.29 is 8.78 Å². The molecule has 0 spiro atoms. The molecular weight excluding hydrogens is 232 g/mol. The van der Waals surface area contributed by atoms with Gasteiger partial charge in [-0.1, -0.05) is 24.3 Å². The highest BCUT2D eigenvalue weighted by Gasteiger charge is 2.59. The van der Waals surface area contributed by atoms with Crippen LogP contribution in [-0.4, -0.2) is 12.5 Å². The van der Waals surface area contributed by atoms with Crippen LogP contribution in [0, 0.1) is 5.41 Å². The topological polar surface area (TPSA) is 26.0 Å². The largest absolute Gasteiger partial charge is 0.330 e. The number of nitrogens with two attached hydrogens (primary N) is 1. The standard InChI is InChI=1S/C15H19F2N/c16-15(17)8-14(9-15,10-18)13-7-3-5-11-4-1-2-6-12(11)13/h1-2,4,6,13H,3,5,7-10,18H2. The third-order valence-electron chi connectivity index (χ3n) is 4.74. The maximum absolute atomic E-state index is 13.3. The van der Waals surface area contributed by atoms with Crippen molar-refractivity contribution in [2.24, 2.45) is 11.1 Å². The van der Waals surface area contributed by atoms with E-state index in [2.05, 4.69) is 12.1 Å². The third kappa shape index (κ3) is 1.76. The van der Waals surface area contributed by atoms with Gasteiger partial charge in [0, 0.05) is 18.3 Å². The van der Waals surface area contributed by atoms with Gasteiger partial charge in [-0.25, -0.2) is 8.78 Å². The van der Waals surface area contributed by atoms with Gasteiger partial charge >= 0.3 is 0 Å². The average Bonchev–Trinajstić information content (AvgIpc) is 2.35. The number of aryl methyl sites for hydroxylation is 1. The number of rotatable bonds is 2. The van der Waals surface area contributed by atoms with Gasteiger partial charge in [0.15, 0.2) is 0 Å². The summed E-state index contributed by atoms with van der Waals surface area (Å²) in [6.45, 7) is 0.377. The van der Waals surface area contributed by atoms with Crippen LogP contribution in [0.1, 0.15) is 42.7 Å². The van der Waals surface area contributed by atoms with Crippen LogP contribution in [0.4, 0.5) is 8.78 Å². The molecule has 1 aromatic carbocycles. The average molecular weight is 251 g/mol. The van der Waals surface area contributed by atoms with Crippen LogP contribution in [0.15, 0.2) is 24.3 Å². The highest BCUT2D eigenvalue weighted by atomic mass is 19.3. The first-order valence-electron chi connectivity index (χ1n) is 6.72. The fraction of sp³-hybridized carbons (Fsp3) is 0.600. The summed E-state index contributed by atoms with van der Waals surface area (Å²) in [6.07, 6.45) is 3.11. The van der Waals surface area contributed by atoms with Gasteiger partial charge in [0.1, 0.15) is 0 Å². The fourth-order valence-electron chi connectivity index (χ4n) is 3.90. The lowest BCUT2D eigenvalue weighted by Crippen LogP contribution is -2.54. The van der Waals surface area contributed by atoms with Crippen LogP contribution < -0.4 is 5.73 Å². The summed E-state index contributed by atoms with van der Waals surface area (Å²) in [5.74, 6) is -2.27. The van der Waals surface area contributed by atoms with E-state index in [4.69, 9.17) is 5.73 Å². The fourth-order valence-corrected chi connectivity index (χ4v) is 3.90. The van der Waals surface area contributed by atoms with E-state index in [0.29, 0.717) is 6.54 Å². The van der Waals surface area contributed by atoms with Crippen molar-refractivity contribution in [2.45, 2.75) is 43.9 Å². The molecule has 1 aromatic rings. The highest BCUT2D eigenvalue weighted by Crippen LogP contribution is 2.60. The van der Waals surface area contributed by atoms with Crippen molar-refractivity contribution in [3.05, 3.63) is 35.4 Å². The van der Waals surface area contributed by atoms with Crippen LogP contribution in [0.2, 0.25) is 0 Å². The number of alkyl halides is 2. The Morgan fingerprint density at radius 1 is 1.22 bits per heavy atom. The van der Waals surface area contributed by atoms with Crippen molar-refractivity contribution in [2.75, 3.05) is 6.54 Å². The summed E-state index contributed by atoms with van der Waals surface area (Å²) in [4.78, 5) is 0. The van der Waals surface area contributed by atoms with Gasteiger partial charge in [0.2, 0.25) is 5.92 Å². The molecule has 1 saturated carbocycles. The molecular formula is C15H19F2N. The van der Waals surface area contributed by atoms with Crippen molar-refractivity contribution in [3.8, 4) is 0 Å². The Morgan fingerprint density at radius 3 is 2.61 bits per heavy atom. The molecule has 0 heterocycles. The smallest absolute Gasteiger partial charge is 0.249 e. The number of hydrogen-bond acceptors (Lipinski definition) is 1. The second-order valence-electron chi connectivity index (χ2n) is 5.92. The van der Waals surface area contributed by atoms with E-state index in [1.807, 2.05) is 12.1 Å². The second-order valence-corrected chi connectivity index (χ2v) is 5.92. The van der Waals surface area contributed by atoms with Crippen molar-refractivity contribution >= 4 is 0 Å². The lowest BCUT2D eigenvalue weighted by atomic mass is 9.55. The van der Waals surface area contributed by atoms with Crippen molar-refractivity contribution in [3.63, 3.8) is 0 Å². The van der Waals surface area contributed by atoms with E-state index >= 15 is 0 Å². The lowest BCUT2D eigenvalue weighted by Gasteiger charge is -2.53. The molecule has 2 N–H and O–H groups in total. The van der Waals surface area contributed by atoms with Gasteiger partial charge < -0.3 is 5.73 Å². The molecule has 0 amide bonds. The van der Waals surface area contributed by atoms with E-state index in [-0.39, 0.29) is 24.2 Å². The zero-order chi connectivity index (χ0) is 12.8. The Bertz CT molecular complexity index is 448. The van der Waals surface area contributed by atoms with Crippen LogP contribution >= 0.6 is 0 Å². The third-order valence-corrected chi connectivity index (χ3v) is 4.74. The van der Waals surface area contributed by atoms with Crippen molar-refractivity contribution in [1.82, 2.24) is 0 Å². The van der Waals surface area contributed by atoms with E-state index in [9.17, 15) is 8.78 Å². The maximum Gasteiger partial charge on any atom is 0.249 e. The summed E-state index contributed by atoms with van der Waals surface area (Å²) in [5, 5.41) is 0. The molecule has 98 valence electrons. The van der Waals surface area contributed by atoms with Crippen LogP contribution in [0.3, 0.4) is 0 Å². The molecule has 2 aliphatic carbocycles. The zero-order valence-electron chi connectivity index (χ0n) is 10.5. The molecule has 2 aliphatic rings. The van der Waals surface area contributed by atoms with E-state index in [1.165, 1.54) is 11.1 Å². The zero-order valence-corrected chi connectivity index (χ0v) is 10.5. The Morgan fingerprint density at radius 2 is 1.94 bits per heavy atom. The first-order chi connectivity index (χ1) is 8.56. The minimum atomic E-state index is -2.49. The van der Waals surface area contributed by atoms with Gasteiger partial charge in [0.25, 0.3) is 0 Å². The number of halogens is 2. The molecule has 1 fully saturated rings. The maximum atomic E-state index is 13.3. The molecule has 0 radical (unpaired) electrons. The molecule has 0 bridgehead atoms. The molecule has 18 heavy (non-hydrogen) atoms. The molecule has 1 nitrogen and oxygen atoms in total. The van der Waals surface area contributed by atoms with Crippen LogP contribution in [-0.2, 0) is 6.42 Å². The summed E-state index contributed by atoms with van der Waals surface area (Å²) < 4.78 is 26.6. The normalized spacial score (nSPS) is 28.3. The summed E-state index contributed by atoms with van der Waals surface area (Å²) in [5.41, 5.74) is 8.08. The number of benzene rings is 1. The minimum absolute atomic E-state index is 0.0322. The van der Waals surface area contributed by atoms with Crippen LogP contribution in [0.5, 0.6) is 0 Å². The number of hydrogen-bond donors (Lipinski definition) is 1. The van der Waals surface area contributed by atoms with E-state index < -0.39 is 5.92 Å². The van der Waals surface area contributed by atoms with Gasteiger partial charge in [-0.2, -0.15) is 0 Å².